The van der Waals surface area contributed by atoms with Crippen LogP contribution >= 0.6 is 0 Å². The number of amides is 3. The Morgan fingerprint density at radius 3 is 3.00 bits per heavy atom. The van der Waals surface area contributed by atoms with Gasteiger partial charge in [-0.05, 0) is 37.8 Å². The molecule has 0 unspecified atom stereocenters. The fourth-order valence-corrected chi connectivity index (χ4v) is 3.03. The van der Waals surface area contributed by atoms with Crippen LogP contribution < -0.4 is 10.6 Å². The van der Waals surface area contributed by atoms with Gasteiger partial charge >= 0.3 is 6.03 Å². The number of urea groups is 1. The molecule has 1 aliphatic heterocycles. The summed E-state index contributed by atoms with van der Waals surface area (Å²) in [6.45, 7) is 5.78. The van der Waals surface area contributed by atoms with Crippen molar-refractivity contribution in [2.24, 2.45) is 5.92 Å². The van der Waals surface area contributed by atoms with E-state index in [0.29, 0.717) is 19.6 Å². The topological polar surface area (TPSA) is 74.3 Å². The summed E-state index contributed by atoms with van der Waals surface area (Å²) >= 11 is 0. The lowest BCUT2D eigenvalue weighted by atomic mass is 9.97. The van der Waals surface area contributed by atoms with Crippen molar-refractivity contribution in [1.29, 1.82) is 0 Å². The quantitative estimate of drug-likeness (QED) is 0.839. The number of carbonyl (C=O) groups excluding carboxylic acids is 2. The van der Waals surface area contributed by atoms with Crippen molar-refractivity contribution in [2.75, 3.05) is 13.1 Å². The van der Waals surface area contributed by atoms with E-state index in [1.165, 1.54) is 0 Å². The molecular weight excluding hydrogens is 304 g/mol. The average Bonchev–Trinajstić information content (AvgIpc) is 2.61. The molecule has 6 heteroatoms. The van der Waals surface area contributed by atoms with Gasteiger partial charge in [0, 0.05) is 38.1 Å². The molecule has 1 saturated heterocycles. The van der Waals surface area contributed by atoms with Crippen molar-refractivity contribution >= 4 is 11.9 Å². The molecule has 0 saturated carbocycles. The SMILES string of the molecule is CCC[C@@H](C)NC(=O)[C@@H]1CCCN(C(=O)NCc2cccnc2)C1. The maximum absolute atomic E-state index is 12.4. The van der Waals surface area contributed by atoms with Crippen LogP contribution in [0.4, 0.5) is 4.79 Å². The summed E-state index contributed by atoms with van der Waals surface area (Å²) < 4.78 is 0. The molecule has 2 rings (SSSR count). The molecule has 1 aliphatic rings. The van der Waals surface area contributed by atoms with Gasteiger partial charge in [0.05, 0.1) is 5.92 Å². The number of carbonyl (C=O) groups is 2. The van der Waals surface area contributed by atoms with Crippen LogP contribution in [0.15, 0.2) is 24.5 Å². The first-order valence-corrected chi connectivity index (χ1v) is 8.82. The summed E-state index contributed by atoms with van der Waals surface area (Å²) in [7, 11) is 0. The van der Waals surface area contributed by atoms with Crippen LogP contribution in [0.1, 0.15) is 45.1 Å². The second kappa shape index (κ2) is 9.25. The first kappa shape index (κ1) is 18.2. The Bertz CT molecular complexity index is 535. The van der Waals surface area contributed by atoms with Crippen LogP contribution in [0.3, 0.4) is 0 Å². The zero-order valence-electron chi connectivity index (χ0n) is 14.6. The van der Waals surface area contributed by atoms with Gasteiger partial charge in [0.15, 0.2) is 0 Å². The van der Waals surface area contributed by atoms with E-state index in [2.05, 4.69) is 22.5 Å². The van der Waals surface area contributed by atoms with Gasteiger partial charge in [0.1, 0.15) is 0 Å². The van der Waals surface area contributed by atoms with Crippen LogP contribution in [-0.2, 0) is 11.3 Å². The van der Waals surface area contributed by atoms with E-state index in [0.717, 1.165) is 31.2 Å². The van der Waals surface area contributed by atoms with E-state index in [1.54, 1.807) is 17.3 Å². The third-order valence-electron chi connectivity index (χ3n) is 4.36. The zero-order chi connectivity index (χ0) is 17.4. The molecule has 0 radical (unpaired) electrons. The van der Waals surface area contributed by atoms with Crippen molar-refractivity contribution in [3.8, 4) is 0 Å². The minimum Gasteiger partial charge on any atom is -0.353 e. The molecule has 132 valence electrons. The summed E-state index contributed by atoms with van der Waals surface area (Å²) in [5.74, 6) is -0.0390. The normalized spacial score (nSPS) is 18.8. The minimum atomic E-state index is -0.113. The molecule has 24 heavy (non-hydrogen) atoms. The van der Waals surface area contributed by atoms with Crippen molar-refractivity contribution in [3.05, 3.63) is 30.1 Å². The Morgan fingerprint density at radius 2 is 2.29 bits per heavy atom. The van der Waals surface area contributed by atoms with Crippen molar-refractivity contribution in [3.63, 3.8) is 0 Å². The molecule has 1 fully saturated rings. The third kappa shape index (κ3) is 5.51. The van der Waals surface area contributed by atoms with E-state index in [1.807, 2.05) is 19.1 Å². The van der Waals surface area contributed by atoms with Crippen molar-refractivity contribution in [2.45, 2.75) is 52.1 Å². The van der Waals surface area contributed by atoms with Crippen molar-refractivity contribution < 1.29 is 9.59 Å². The highest BCUT2D eigenvalue weighted by molar-refractivity contribution is 5.81. The van der Waals surface area contributed by atoms with Gasteiger partial charge in [-0.15, -0.1) is 0 Å². The van der Waals surface area contributed by atoms with Gasteiger partial charge in [-0.1, -0.05) is 19.4 Å². The predicted molar refractivity (Wildman–Crippen MR) is 93.3 cm³/mol. The number of hydrogen-bond donors (Lipinski definition) is 2. The van der Waals surface area contributed by atoms with E-state index < -0.39 is 0 Å². The summed E-state index contributed by atoms with van der Waals surface area (Å²) in [6, 6.07) is 3.85. The molecule has 1 aromatic heterocycles. The lowest BCUT2D eigenvalue weighted by Crippen LogP contribution is -2.49. The van der Waals surface area contributed by atoms with Crippen LogP contribution in [0.25, 0.3) is 0 Å². The lowest BCUT2D eigenvalue weighted by molar-refractivity contribution is -0.126. The number of nitrogens with one attached hydrogen (secondary N) is 2. The molecule has 2 heterocycles. The first-order chi connectivity index (χ1) is 11.6. The Kier molecular flexibility index (Phi) is 7.03. The fraction of sp³-hybridized carbons (Fsp3) is 0.611. The molecule has 0 aromatic carbocycles. The van der Waals surface area contributed by atoms with Gasteiger partial charge in [0.2, 0.25) is 5.91 Å². The lowest BCUT2D eigenvalue weighted by Gasteiger charge is -2.32. The number of piperidine rings is 1. The molecule has 6 nitrogen and oxygen atoms in total. The van der Waals surface area contributed by atoms with Gasteiger partial charge in [-0.3, -0.25) is 9.78 Å². The van der Waals surface area contributed by atoms with Crippen LogP contribution in [0, 0.1) is 5.92 Å². The minimum absolute atomic E-state index is 0.0701. The van der Waals surface area contributed by atoms with E-state index in [4.69, 9.17) is 0 Å². The Labute approximate surface area is 144 Å². The smallest absolute Gasteiger partial charge is 0.317 e. The molecule has 0 aliphatic carbocycles. The number of likely N-dealkylation sites (tertiary alicyclic amines) is 1. The highest BCUT2D eigenvalue weighted by atomic mass is 16.2. The predicted octanol–water partition coefficient (Wildman–Crippen LogP) is 2.31. The monoisotopic (exact) mass is 332 g/mol. The Balaban J connectivity index is 1.81. The first-order valence-electron chi connectivity index (χ1n) is 8.82. The van der Waals surface area contributed by atoms with E-state index in [-0.39, 0.29) is 23.9 Å². The average molecular weight is 332 g/mol. The summed E-state index contributed by atoms with van der Waals surface area (Å²) in [6.07, 6.45) is 7.18. The Hall–Kier alpha value is -2.11. The molecule has 1 aromatic rings. The fourth-order valence-electron chi connectivity index (χ4n) is 3.03. The largest absolute Gasteiger partial charge is 0.353 e. The number of nitrogens with zero attached hydrogens (tertiary/aromatic N) is 2. The highest BCUT2D eigenvalue weighted by Gasteiger charge is 2.28. The Morgan fingerprint density at radius 1 is 1.46 bits per heavy atom. The zero-order valence-corrected chi connectivity index (χ0v) is 14.6. The summed E-state index contributed by atoms with van der Waals surface area (Å²) in [4.78, 5) is 30.5. The molecule has 2 atom stereocenters. The molecule has 0 spiro atoms. The van der Waals surface area contributed by atoms with Crippen LogP contribution in [0.2, 0.25) is 0 Å². The second-order valence-corrected chi connectivity index (χ2v) is 6.50. The van der Waals surface area contributed by atoms with Gasteiger partial charge < -0.3 is 15.5 Å². The summed E-state index contributed by atoms with van der Waals surface area (Å²) in [5, 5.41) is 5.97. The van der Waals surface area contributed by atoms with E-state index in [9.17, 15) is 9.59 Å². The molecular formula is C18H28N4O2. The number of pyridine rings is 1. The molecule has 0 bridgehead atoms. The summed E-state index contributed by atoms with van der Waals surface area (Å²) in [5.41, 5.74) is 0.963. The standard InChI is InChI=1S/C18H28N4O2/c1-3-6-14(2)21-17(23)16-8-5-10-22(13-16)18(24)20-12-15-7-4-9-19-11-15/h4,7,9,11,14,16H,3,5-6,8,10,12-13H2,1-2H3,(H,20,24)(H,21,23)/t14-,16-/m1/s1. The van der Waals surface area contributed by atoms with E-state index >= 15 is 0 Å². The number of aromatic nitrogens is 1. The van der Waals surface area contributed by atoms with Gasteiger partial charge in [-0.25, -0.2) is 4.79 Å². The van der Waals surface area contributed by atoms with Gasteiger partial charge in [0.25, 0.3) is 0 Å². The van der Waals surface area contributed by atoms with Gasteiger partial charge in [-0.2, -0.15) is 0 Å². The van der Waals surface area contributed by atoms with Crippen molar-refractivity contribution in [1.82, 2.24) is 20.5 Å². The number of rotatable bonds is 6. The maximum atomic E-state index is 12.4. The maximum Gasteiger partial charge on any atom is 0.317 e. The highest BCUT2D eigenvalue weighted by Crippen LogP contribution is 2.17. The number of hydrogen-bond acceptors (Lipinski definition) is 3. The van der Waals surface area contributed by atoms with Crippen LogP contribution in [0.5, 0.6) is 0 Å². The molecule has 2 N–H and O–H groups in total. The third-order valence-corrected chi connectivity index (χ3v) is 4.36. The second-order valence-electron chi connectivity index (χ2n) is 6.50. The molecule has 3 amide bonds. The van der Waals surface area contributed by atoms with Crippen LogP contribution in [-0.4, -0.2) is 41.0 Å².